The number of nitrogens with one attached hydrogen (secondary N) is 1. The van der Waals surface area contributed by atoms with E-state index in [4.69, 9.17) is 32.7 Å². The monoisotopic (exact) mass is 500 g/mol. The number of para-hydroxylation sites is 2. The number of benzene rings is 2. The molecule has 2 aromatic carbocycles. The molecule has 1 N–H and O–H groups in total. The number of anilines is 1. The molecule has 0 aliphatic carbocycles. The molecular formula is C25H26Cl2N4O3. The van der Waals surface area contributed by atoms with Crippen LogP contribution in [0.1, 0.15) is 0 Å². The third-order valence-corrected chi connectivity index (χ3v) is 6.42. The number of carbonyl (C=O) groups excluding carboxylic acids is 1. The van der Waals surface area contributed by atoms with E-state index in [9.17, 15) is 4.79 Å². The second kappa shape index (κ2) is 11.4. The zero-order valence-corrected chi connectivity index (χ0v) is 20.4. The Hall–Kier alpha value is -3.00. The second-order valence-corrected chi connectivity index (χ2v) is 8.65. The van der Waals surface area contributed by atoms with Gasteiger partial charge in [-0.2, -0.15) is 0 Å². The summed E-state index contributed by atoms with van der Waals surface area (Å²) in [4.78, 5) is 21.0. The van der Waals surface area contributed by atoms with Crippen LogP contribution in [0, 0.1) is 0 Å². The number of hydrogen-bond donors (Lipinski definition) is 1. The van der Waals surface area contributed by atoms with Gasteiger partial charge in [-0.05, 0) is 35.9 Å². The largest absolute Gasteiger partial charge is 0.495 e. The van der Waals surface area contributed by atoms with E-state index in [0.717, 1.165) is 55.3 Å². The topological polar surface area (TPSA) is 66.9 Å². The Balaban J connectivity index is 1.19. The summed E-state index contributed by atoms with van der Waals surface area (Å²) in [6.07, 6.45) is 1.10. The molecule has 0 unspecified atom stereocenters. The summed E-state index contributed by atoms with van der Waals surface area (Å²) in [5, 5.41) is 3.76. The average molecular weight is 501 g/mol. The van der Waals surface area contributed by atoms with Gasteiger partial charge in [0, 0.05) is 57.1 Å². The number of methoxy groups -OCH3 is 1. The van der Waals surface area contributed by atoms with Crippen LogP contribution in [-0.4, -0.2) is 62.4 Å². The first-order chi connectivity index (χ1) is 16.5. The fourth-order valence-corrected chi connectivity index (χ4v) is 4.14. The van der Waals surface area contributed by atoms with E-state index in [-0.39, 0.29) is 5.88 Å². The number of rotatable bonds is 7. The number of halogens is 2. The minimum Gasteiger partial charge on any atom is -0.495 e. The van der Waals surface area contributed by atoms with Crippen molar-refractivity contribution in [2.75, 3.05) is 51.3 Å². The molecule has 0 atom stereocenters. The molecule has 0 saturated carbocycles. The molecule has 4 rings (SSSR count). The van der Waals surface area contributed by atoms with Crippen LogP contribution >= 0.6 is 23.2 Å². The van der Waals surface area contributed by atoms with Crippen LogP contribution in [-0.2, 0) is 0 Å². The maximum Gasteiger partial charge on any atom is 0.413 e. The molecule has 1 aromatic heterocycles. The van der Waals surface area contributed by atoms with Gasteiger partial charge < -0.3 is 19.7 Å². The minimum absolute atomic E-state index is 0.228. The highest BCUT2D eigenvalue weighted by Crippen LogP contribution is 2.29. The van der Waals surface area contributed by atoms with Crippen LogP contribution in [0.5, 0.6) is 11.6 Å². The van der Waals surface area contributed by atoms with E-state index in [0.29, 0.717) is 16.6 Å². The summed E-state index contributed by atoms with van der Waals surface area (Å²) in [7, 11) is 1.69. The fourth-order valence-electron chi connectivity index (χ4n) is 3.84. The van der Waals surface area contributed by atoms with Crippen LogP contribution in [0.25, 0.3) is 11.1 Å². The molecule has 34 heavy (non-hydrogen) atoms. The number of nitrogens with zero attached hydrogens (tertiary/aromatic N) is 3. The average Bonchev–Trinajstić information content (AvgIpc) is 2.86. The Morgan fingerprint density at radius 2 is 1.76 bits per heavy atom. The lowest BCUT2D eigenvalue weighted by Gasteiger charge is -2.36. The Morgan fingerprint density at radius 1 is 1.00 bits per heavy atom. The van der Waals surface area contributed by atoms with Crippen molar-refractivity contribution >= 4 is 35.0 Å². The third kappa shape index (κ3) is 6.11. The van der Waals surface area contributed by atoms with Gasteiger partial charge >= 0.3 is 6.09 Å². The molecule has 1 aliphatic rings. The molecule has 1 amide bonds. The van der Waals surface area contributed by atoms with E-state index >= 15 is 0 Å². The molecule has 1 saturated heterocycles. The van der Waals surface area contributed by atoms with Gasteiger partial charge in [0.05, 0.1) is 22.8 Å². The highest BCUT2D eigenvalue weighted by Gasteiger charge is 2.19. The number of aromatic nitrogens is 1. The lowest BCUT2D eigenvalue weighted by atomic mass is 10.1. The normalized spacial score (nSPS) is 14.0. The Morgan fingerprint density at radius 3 is 2.47 bits per heavy atom. The Kier molecular flexibility index (Phi) is 8.11. The van der Waals surface area contributed by atoms with Gasteiger partial charge in [-0.3, -0.25) is 4.90 Å². The first-order valence-electron chi connectivity index (χ1n) is 11.0. The lowest BCUT2D eigenvalue weighted by molar-refractivity contribution is 0.194. The summed E-state index contributed by atoms with van der Waals surface area (Å²) in [6, 6.07) is 16.9. The number of amides is 1. The number of hydrogen-bond acceptors (Lipinski definition) is 6. The predicted molar refractivity (Wildman–Crippen MR) is 135 cm³/mol. The summed E-state index contributed by atoms with van der Waals surface area (Å²) in [5.74, 6) is 1.12. The van der Waals surface area contributed by atoms with Crippen molar-refractivity contribution in [1.29, 1.82) is 0 Å². The van der Waals surface area contributed by atoms with Gasteiger partial charge in [-0.1, -0.05) is 41.4 Å². The SMILES string of the molecule is COc1ccccc1N1CCN(CCNC(=O)Oc2ccc(-c3ccc(Cl)c(Cl)c3)cn2)CC1. The van der Waals surface area contributed by atoms with Gasteiger partial charge in [0.15, 0.2) is 0 Å². The van der Waals surface area contributed by atoms with Gasteiger partial charge in [0.1, 0.15) is 5.75 Å². The molecule has 0 bridgehead atoms. The van der Waals surface area contributed by atoms with Crippen molar-refractivity contribution in [3.63, 3.8) is 0 Å². The number of piperazine rings is 1. The third-order valence-electron chi connectivity index (χ3n) is 5.68. The summed E-state index contributed by atoms with van der Waals surface area (Å²) in [5.41, 5.74) is 2.84. The Labute approximate surface area is 209 Å². The smallest absolute Gasteiger partial charge is 0.413 e. The number of pyridine rings is 1. The Bertz CT molecular complexity index is 1120. The van der Waals surface area contributed by atoms with Crippen LogP contribution in [0.15, 0.2) is 60.8 Å². The minimum atomic E-state index is -0.526. The van der Waals surface area contributed by atoms with E-state index < -0.39 is 6.09 Å². The van der Waals surface area contributed by atoms with Gasteiger partial charge in [-0.25, -0.2) is 9.78 Å². The van der Waals surface area contributed by atoms with Crippen molar-refractivity contribution in [3.05, 3.63) is 70.8 Å². The fraction of sp³-hybridized carbons (Fsp3) is 0.280. The van der Waals surface area contributed by atoms with Crippen LogP contribution in [0.4, 0.5) is 10.5 Å². The van der Waals surface area contributed by atoms with Crippen molar-refractivity contribution in [2.45, 2.75) is 0 Å². The van der Waals surface area contributed by atoms with Crippen LogP contribution in [0.3, 0.4) is 0 Å². The van der Waals surface area contributed by atoms with Gasteiger partial charge in [-0.15, -0.1) is 0 Å². The molecule has 9 heteroatoms. The second-order valence-electron chi connectivity index (χ2n) is 7.83. The zero-order valence-electron chi connectivity index (χ0n) is 18.8. The maximum absolute atomic E-state index is 12.2. The quantitative estimate of drug-likeness (QED) is 0.493. The highest BCUT2D eigenvalue weighted by molar-refractivity contribution is 6.42. The molecular weight excluding hydrogens is 475 g/mol. The number of carbonyl (C=O) groups is 1. The standard InChI is InChI=1S/C25H26Cl2N4O3/c1-33-23-5-3-2-4-22(23)31-14-12-30(13-15-31)11-10-28-25(32)34-24-9-7-19(17-29-24)18-6-8-20(26)21(27)16-18/h2-9,16-17H,10-15H2,1H3,(H,28,32). The molecule has 0 spiro atoms. The summed E-state index contributed by atoms with van der Waals surface area (Å²) in [6.45, 7) is 4.87. The van der Waals surface area contributed by atoms with Crippen LogP contribution < -0.4 is 19.7 Å². The van der Waals surface area contributed by atoms with Crippen molar-refractivity contribution in [3.8, 4) is 22.8 Å². The summed E-state index contributed by atoms with van der Waals surface area (Å²) < 4.78 is 10.8. The first-order valence-corrected chi connectivity index (χ1v) is 11.8. The van der Waals surface area contributed by atoms with Crippen LogP contribution in [0.2, 0.25) is 10.0 Å². The molecule has 3 aromatic rings. The van der Waals surface area contributed by atoms with E-state index in [1.54, 1.807) is 31.5 Å². The molecule has 178 valence electrons. The molecule has 1 fully saturated rings. The van der Waals surface area contributed by atoms with Crippen molar-refractivity contribution in [2.24, 2.45) is 0 Å². The maximum atomic E-state index is 12.2. The van der Waals surface area contributed by atoms with E-state index in [1.807, 2.05) is 30.3 Å². The molecule has 0 radical (unpaired) electrons. The first kappa shape index (κ1) is 24.1. The number of ether oxygens (including phenoxy) is 2. The van der Waals surface area contributed by atoms with Gasteiger partial charge in [0.25, 0.3) is 0 Å². The van der Waals surface area contributed by atoms with Crippen molar-refractivity contribution < 1.29 is 14.3 Å². The van der Waals surface area contributed by atoms with Crippen molar-refractivity contribution in [1.82, 2.24) is 15.2 Å². The molecule has 1 aliphatic heterocycles. The highest BCUT2D eigenvalue weighted by atomic mass is 35.5. The lowest BCUT2D eigenvalue weighted by Crippen LogP contribution is -2.48. The van der Waals surface area contributed by atoms with E-state index in [2.05, 4.69) is 26.2 Å². The zero-order chi connectivity index (χ0) is 23.9. The molecule has 2 heterocycles. The predicted octanol–water partition coefficient (Wildman–Crippen LogP) is 4.97. The van der Waals surface area contributed by atoms with Gasteiger partial charge in [0.2, 0.25) is 5.88 Å². The summed E-state index contributed by atoms with van der Waals surface area (Å²) >= 11 is 12.0. The van der Waals surface area contributed by atoms with E-state index in [1.165, 1.54) is 0 Å². The molecule has 7 nitrogen and oxygen atoms in total.